The van der Waals surface area contributed by atoms with Crippen molar-refractivity contribution in [3.8, 4) is 5.88 Å². The second-order valence-corrected chi connectivity index (χ2v) is 6.11. The summed E-state index contributed by atoms with van der Waals surface area (Å²) in [6, 6.07) is 1.00. The van der Waals surface area contributed by atoms with Crippen molar-refractivity contribution >= 4 is 17.6 Å². The Kier molecular flexibility index (Phi) is 6.28. The van der Waals surface area contributed by atoms with Gasteiger partial charge in [-0.15, -0.1) is 0 Å². The van der Waals surface area contributed by atoms with Crippen LogP contribution in [0.2, 0.25) is 5.02 Å². The standard InChI is InChI=1S/C15H18ClF3N2O3/c16-12-7-10(15(17,18)19)8-21-13(12)24-6-5-20-11-3-1-9(2-4-11)14(22)23/h7-9,11,20H,1-6H2,(H,22,23). The maximum absolute atomic E-state index is 12.5. The maximum Gasteiger partial charge on any atom is 0.417 e. The molecule has 0 spiro atoms. The fourth-order valence-corrected chi connectivity index (χ4v) is 2.86. The molecule has 1 aromatic heterocycles. The molecule has 2 N–H and O–H groups in total. The summed E-state index contributed by atoms with van der Waals surface area (Å²) in [6.45, 7) is 0.679. The van der Waals surface area contributed by atoms with Crippen molar-refractivity contribution in [3.63, 3.8) is 0 Å². The van der Waals surface area contributed by atoms with Crippen molar-refractivity contribution in [1.82, 2.24) is 10.3 Å². The lowest BCUT2D eigenvalue weighted by molar-refractivity contribution is -0.143. The van der Waals surface area contributed by atoms with Crippen molar-refractivity contribution < 1.29 is 27.8 Å². The van der Waals surface area contributed by atoms with Crippen LogP contribution >= 0.6 is 11.6 Å². The Morgan fingerprint density at radius 3 is 2.58 bits per heavy atom. The number of rotatable bonds is 6. The van der Waals surface area contributed by atoms with Crippen LogP contribution in [0.1, 0.15) is 31.2 Å². The fraction of sp³-hybridized carbons (Fsp3) is 0.600. The van der Waals surface area contributed by atoms with Gasteiger partial charge in [0.05, 0.1) is 11.5 Å². The number of hydrogen-bond donors (Lipinski definition) is 2. The number of aliphatic carboxylic acids is 1. The Balaban J connectivity index is 1.72. The molecule has 1 saturated carbocycles. The SMILES string of the molecule is O=C(O)C1CCC(NCCOc2ncc(C(F)(F)F)cc2Cl)CC1. The van der Waals surface area contributed by atoms with E-state index in [9.17, 15) is 18.0 Å². The van der Waals surface area contributed by atoms with E-state index in [0.29, 0.717) is 25.6 Å². The highest BCUT2D eigenvalue weighted by Gasteiger charge is 2.31. The van der Waals surface area contributed by atoms with Crippen LogP contribution in [0.4, 0.5) is 13.2 Å². The second kappa shape index (κ2) is 8.02. The molecule has 0 atom stereocenters. The van der Waals surface area contributed by atoms with Crippen molar-refractivity contribution in [2.75, 3.05) is 13.2 Å². The number of nitrogens with zero attached hydrogens (tertiary/aromatic N) is 1. The minimum atomic E-state index is -4.49. The summed E-state index contributed by atoms with van der Waals surface area (Å²) < 4.78 is 42.8. The third-order valence-electron chi connectivity index (χ3n) is 3.99. The van der Waals surface area contributed by atoms with Gasteiger partial charge in [0.1, 0.15) is 11.6 Å². The average molecular weight is 367 g/mol. The van der Waals surface area contributed by atoms with E-state index in [1.54, 1.807) is 0 Å². The van der Waals surface area contributed by atoms with Gasteiger partial charge >= 0.3 is 12.1 Å². The van der Waals surface area contributed by atoms with E-state index in [1.165, 1.54) is 0 Å². The van der Waals surface area contributed by atoms with Gasteiger partial charge in [-0.1, -0.05) is 11.6 Å². The number of hydrogen-bond acceptors (Lipinski definition) is 4. The molecule has 1 aromatic rings. The van der Waals surface area contributed by atoms with Crippen LogP contribution in [-0.4, -0.2) is 35.3 Å². The predicted molar refractivity (Wildman–Crippen MR) is 81.1 cm³/mol. The number of nitrogens with one attached hydrogen (secondary N) is 1. The topological polar surface area (TPSA) is 71.5 Å². The van der Waals surface area contributed by atoms with Gasteiger partial charge in [-0.2, -0.15) is 13.2 Å². The lowest BCUT2D eigenvalue weighted by atomic mass is 9.86. The van der Waals surface area contributed by atoms with Gasteiger partial charge in [-0.05, 0) is 31.7 Å². The molecule has 0 unspecified atom stereocenters. The van der Waals surface area contributed by atoms with Crippen LogP contribution in [-0.2, 0) is 11.0 Å². The van der Waals surface area contributed by atoms with E-state index in [0.717, 1.165) is 18.9 Å². The zero-order chi connectivity index (χ0) is 17.7. The number of carbonyl (C=O) groups is 1. The highest BCUT2D eigenvalue weighted by atomic mass is 35.5. The minimum Gasteiger partial charge on any atom is -0.481 e. The highest BCUT2D eigenvalue weighted by molar-refractivity contribution is 6.31. The van der Waals surface area contributed by atoms with Gasteiger partial charge in [0.2, 0.25) is 5.88 Å². The van der Waals surface area contributed by atoms with Crippen LogP contribution in [0.3, 0.4) is 0 Å². The highest BCUT2D eigenvalue weighted by Crippen LogP contribution is 2.33. The lowest BCUT2D eigenvalue weighted by Gasteiger charge is -2.26. The molecule has 24 heavy (non-hydrogen) atoms. The maximum atomic E-state index is 12.5. The van der Waals surface area contributed by atoms with Gasteiger partial charge < -0.3 is 15.2 Å². The number of ether oxygens (including phenoxy) is 1. The Hall–Kier alpha value is -1.54. The van der Waals surface area contributed by atoms with Crippen LogP contribution in [0.5, 0.6) is 5.88 Å². The largest absolute Gasteiger partial charge is 0.481 e. The van der Waals surface area contributed by atoms with Crippen molar-refractivity contribution in [1.29, 1.82) is 0 Å². The van der Waals surface area contributed by atoms with Crippen molar-refractivity contribution in [2.24, 2.45) is 5.92 Å². The van der Waals surface area contributed by atoms with E-state index >= 15 is 0 Å². The molecule has 1 fully saturated rings. The Bertz CT molecular complexity index is 576. The smallest absolute Gasteiger partial charge is 0.417 e. The number of carboxylic acids is 1. The van der Waals surface area contributed by atoms with E-state index < -0.39 is 17.7 Å². The quantitative estimate of drug-likeness (QED) is 0.755. The Morgan fingerprint density at radius 1 is 1.38 bits per heavy atom. The number of pyridine rings is 1. The molecule has 0 aliphatic heterocycles. The van der Waals surface area contributed by atoms with E-state index in [4.69, 9.17) is 21.4 Å². The van der Waals surface area contributed by atoms with Crippen LogP contribution < -0.4 is 10.1 Å². The van der Waals surface area contributed by atoms with Gasteiger partial charge in [0.25, 0.3) is 0 Å². The van der Waals surface area contributed by atoms with Crippen LogP contribution in [0.25, 0.3) is 0 Å². The van der Waals surface area contributed by atoms with Crippen molar-refractivity contribution in [3.05, 3.63) is 22.8 Å². The summed E-state index contributed by atoms with van der Waals surface area (Å²) in [5.41, 5.74) is -0.923. The van der Waals surface area contributed by atoms with E-state index in [-0.39, 0.29) is 29.5 Å². The summed E-state index contributed by atoms with van der Waals surface area (Å²) in [7, 11) is 0. The molecular formula is C15H18ClF3N2O3. The molecule has 1 heterocycles. The zero-order valence-electron chi connectivity index (χ0n) is 12.8. The third kappa shape index (κ3) is 5.24. The van der Waals surface area contributed by atoms with E-state index in [2.05, 4.69) is 10.3 Å². The first-order valence-electron chi connectivity index (χ1n) is 7.59. The molecule has 9 heteroatoms. The molecule has 1 aliphatic carbocycles. The fourth-order valence-electron chi connectivity index (χ4n) is 2.64. The molecule has 134 valence electrons. The first-order chi connectivity index (χ1) is 11.3. The number of aromatic nitrogens is 1. The summed E-state index contributed by atoms with van der Waals surface area (Å²) in [5.74, 6) is -1.06. The average Bonchev–Trinajstić information content (AvgIpc) is 2.52. The first kappa shape index (κ1) is 18.8. The molecule has 0 bridgehead atoms. The van der Waals surface area contributed by atoms with E-state index in [1.807, 2.05) is 0 Å². The molecule has 0 aromatic carbocycles. The summed E-state index contributed by atoms with van der Waals surface area (Å²) in [5, 5.41) is 12.0. The Labute approximate surface area is 142 Å². The molecule has 5 nitrogen and oxygen atoms in total. The summed E-state index contributed by atoms with van der Waals surface area (Å²) in [4.78, 5) is 14.5. The predicted octanol–water partition coefficient (Wildman–Crippen LogP) is 3.37. The minimum absolute atomic E-state index is 0.0407. The Morgan fingerprint density at radius 2 is 2.04 bits per heavy atom. The third-order valence-corrected chi connectivity index (χ3v) is 4.26. The monoisotopic (exact) mass is 366 g/mol. The van der Waals surface area contributed by atoms with Crippen molar-refractivity contribution in [2.45, 2.75) is 37.9 Å². The number of carboxylic acid groups (broad SMARTS) is 1. The normalized spacial score (nSPS) is 21.5. The van der Waals surface area contributed by atoms with Gasteiger partial charge in [0.15, 0.2) is 0 Å². The van der Waals surface area contributed by atoms with Crippen LogP contribution in [0.15, 0.2) is 12.3 Å². The first-order valence-corrected chi connectivity index (χ1v) is 7.97. The lowest BCUT2D eigenvalue weighted by Crippen LogP contribution is -2.37. The number of halogens is 4. The molecule has 0 radical (unpaired) electrons. The second-order valence-electron chi connectivity index (χ2n) is 5.70. The van der Waals surface area contributed by atoms with Gasteiger partial charge in [-0.25, -0.2) is 4.98 Å². The van der Waals surface area contributed by atoms with Gasteiger partial charge in [0, 0.05) is 18.8 Å². The van der Waals surface area contributed by atoms with Crippen LogP contribution in [0, 0.1) is 5.92 Å². The summed E-state index contributed by atoms with van der Waals surface area (Å²) in [6.07, 6.45) is -0.986. The molecular weight excluding hydrogens is 349 g/mol. The zero-order valence-corrected chi connectivity index (χ0v) is 13.5. The summed E-state index contributed by atoms with van der Waals surface area (Å²) >= 11 is 5.75. The van der Waals surface area contributed by atoms with Gasteiger partial charge in [-0.3, -0.25) is 4.79 Å². The molecule has 1 aliphatic rings. The molecule has 0 amide bonds. The molecule has 0 saturated heterocycles. The number of alkyl halides is 3. The molecule has 2 rings (SSSR count).